The van der Waals surface area contributed by atoms with Crippen LogP contribution in [0.25, 0.3) is 11.1 Å². The molecule has 7 heteroatoms. The highest BCUT2D eigenvalue weighted by molar-refractivity contribution is 6.32. The maximum absolute atomic E-state index is 11.3. The molecule has 1 unspecified atom stereocenters. The minimum Gasteiger partial charge on any atom is -0.490 e. The normalized spacial score (nSPS) is 13.4. The van der Waals surface area contributed by atoms with Crippen LogP contribution < -0.4 is 20.5 Å². The molecule has 0 bridgehead atoms. The number of halogens is 1. The molecule has 1 aromatic heterocycles. The topological polar surface area (TPSA) is 86.5 Å². The van der Waals surface area contributed by atoms with E-state index in [1.54, 1.807) is 12.3 Å². The lowest BCUT2D eigenvalue weighted by atomic mass is 9.98. The van der Waals surface area contributed by atoms with E-state index in [0.717, 1.165) is 23.1 Å². The van der Waals surface area contributed by atoms with Gasteiger partial charge in [0.25, 0.3) is 0 Å². The van der Waals surface area contributed by atoms with E-state index in [1.165, 1.54) is 6.92 Å². The Morgan fingerprint density at radius 3 is 2.85 bits per heavy atom. The van der Waals surface area contributed by atoms with Gasteiger partial charge in [-0.3, -0.25) is 4.79 Å². The first kappa shape index (κ1) is 19.5. The van der Waals surface area contributed by atoms with Crippen molar-refractivity contribution in [3.8, 4) is 22.6 Å². The average molecular weight is 390 g/mol. The van der Waals surface area contributed by atoms with E-state index in [0.29, 0.717) is 41.5 Å². The molecule has 3 N–H and O–H groups in total. The molecule has 6 nitrogen and oxygen atoms in total. The standard InChI is InChI=1S/C20H24ClN3O3/c1-11(2)4-14(22)10-27-19-7-18-16(5-17(19)21)15-6-20(24-12(3)25)23-8-13(15)9-26-18/h5-8,11,14H,4,9-10,22H2,1-3H3,(H,23,24,25). The zero-order chi connectivity index (χ0) is 19.6. The Morgan fingerprint density at radius 1 is 1.37 bits per heavy atom. The van der Waals surface area contributed by atoms with Crippen molar-refractivity contribution in [2.75, 3.05) is 11.9 Å². The van der Waals surface area contributed by atoms with Crippen LogP contribution in [0.15, 0.2) is 24.4 Å². The van der Waals surface area contributed by atoms with Crippen molar-refractivity contribution in [2.24, 2.45) is 11.7 Å². The maximum Gasteiger partial charge on any atom is 0.222 e. The van der Waals surface area contributed by atoms with Gasteiger partial charge in [-0.05, 0) is 30.0 Å². The van der Waals surface area contributed by atoms with Crippen LogP contribution >= 0.6 is 11.6 Å². The quantitative estimate of drug-likeness (QED) is 0.779. The van der Waals surface area contributed by atoms with Gasteiger partial charge < -0.3 is 20.5 Å². The van der Waals surface area contributed by atoms with Gasteiger partial charge in [0.05, 0.1) is 5.02 Å². The second-order valence-corrected chi connectivity index (χ2v) is 7.58. The van der Waals surface area contributed by atoms with Crippen molar-refractivity contribution >= 4 is 23.3 Å². The molecule has 1 aliphatic heterocycles. The number of nitrogens with zero attached hydrogens (tertiary/aromatic N) is 1. The van der Waals surface area contributed by atoms with E-state index in [2.05, 4.69) is 24.1 Å². The largest absolute Gasteiger partial charge is 0.490 e. The van der Waals surface area contributed by atoms with Gasteiger partial charge in [0.1, 0.15) is 30.5 Å². The lowest BCUT2D eigenvalue weighted by Gasteiger charge is -2.23. The van der Waals surface area contributed by atoms with Gasteiger partial charge in [-0.2, -0.15) is 0 Å². The maximum atomic E-state index is 11.3. The summed E-state index contributed by atoms with van der Waals surface area (Å²) in [5.74, 6) is 2.06. The van der Waals surface area contributed by atoms with E-state index in [4.69, 9.17) is 26.8 Å². The summed E-state index contributed by atoms with van der Waals surface area (Å²) < 4.78 is 11.7. The first-order valence-electron chi connectivity index (χ1n) is 8.95. The Hall–Kier alpha value is -2.31. The van der Waals surface area contributed by atoms with Crippen LogP contribution in [0.4, 0.5) is 5.82 Å². The Morgan fingerprint density at radius 2 is 2.15 bits per heavy atom. The van der Waals surface area contributed by atoms with Gasteiger partial charge >= 0.3 is 0 Å². The molecule has 0 aliphatic carbocycles. The fourth-order valence-electron chi connectivity index (χ4n) is 3.10. The van der Waals surface area contributed by atoms with Gasteiger partial charge in [0.15, 0.2) is 0 Å². The summed E-state index contributed by atoms with van der Waals surface area (Å²) in [6.45, 7) is 6.48. The number of rotatable bonds is 6. The van der Waals surface area contributed by atoms with Gasteiger partial charge in [-0.15, -0.1) is 0 Å². The predicted molar refractivity (Wildman–Crippen MR) is 106 cm³/mol. The van der Waals surface area contributed by atoms with Gasteiger partial charge in [0, 0.05) is 36.4 Å². The Balaban J connectivity index is 1.85. The van der Waals surface area contributed by atoms with Crippen LogP contribution in [-0.2, 0) is 11.4 Å². The predicted octanol–water partition coefficient (Wildman–Crippen LogP) is 4.01. The number of nitrogens with one attached hydrogen (secondary N) is 1. The van der Waals surface area contributed by atoms with E-state index in [9.17, 15) is 4.79 Å². The zero-order valence-electron chi connectivity index (χ0n) is 15.7. The number of carbonyl (C=O) groups is 1. The number of pyridine rings is 1. The number of hydrogen-bond donors (Lipinski definition) is 2. The zero-order valence-corrected chi connectivity index (χ0v) is 16.5. The van der Waals surface area contributed by atoms with Crippen LogP contribution in [-0.4, -0.2) is 23.5 Å². The van der Waals surface area contributed by atoms with Gasteiger partial charge in [0.2, 0.25) is 5.91 Å². The van der Waals surface area contributed by atoms with Crippen LogP contribution in [0.3, 0.4) is 0 Å². The minimum absolute atomic E-state index is 0.0509. The second kappa shape index (κ2) is 8.15. The summed E-state index contributed by atoms with van der Waals surface area (Å²) in [4.78, 5) is 15.5. The van der Waals surface area contributed by atoms with Crippen molar-refractivity contribution in [3.05, 3.63) is 35.0 Å². The first-order valence-corrected chi connectivity index (χ1v) is 9.33. The fourth-order valence-corrected chi connectivity index (χ4v) is 3.32. The molecule has 0 fully saturated rings. The molecular formula is C20H24ClN3O3. The summed E-state index contributed by atoms with van der Waals surface area (Å²) >= 11 is 6.43. The summed E-state index contributed by atoms with van der Waals surface area (Å²) in [5.41, 5.74) is 8.79. The van der Waals surface area contributed by atoms with Gasteiger partial charge in [-0.25, -0.2) is 4.98 Å². The minimum atomic E-state index is -0.172. The molecule has 3 rings (SSSR count). The molecule has 27 heavy (non-hydrogen) atoms. The van der Waals surface area contributed by atoms with E-state index >= 15 is 0 Å². The molecule has 1 amide bonds. The molecule has 2 heterocycles. The Kier molecular flexibility index (Phi) is 5.87. The van der Waals surface area contributed by atoms with Crippen LogP contribution in [0.2, 0.25) is 5.02 Å². The summed E-state index contributed by atoms with van der Waals surface area (Å²) in [5, 5.41) is 3.18. The third-order valence-corrected chi connectivity index (χ3v) is 4.52. The number of ether oxygens (including phenoxy) is 2. The van der Waals surface area contributed by atoms with Crippen molar-refractivity contribution in [3.63, 3.8) is 0 Å². The highest BCUT2D eigenvalue weighted by Crippen LogP contribution is 2.43. The van der Waals surface area contributed by atoms with E-state index in [1.807, 2.05) is 12.1 Å². The SMILES string of the molecule is CC(=O)Nc1cc2c(cn1)COc1cc(OCC(N)CC(C)C)c(Cl)cc1-2. The number of hydrogen-bond acceptors (Lipinski definition) is 5. The number of fused-ring (bicyclic) bond motifs is 3. The number of aromatic nitrogens is 1. The van der Waals surface area contributed by atoms with E-state index < -0.39 is 0 Å². The number of carbonyl (C=O) groups excluding carboxylic acids is 1. The van der Waals surface area contributed by atoms with Gasteiger partial charge in [-0.1, -0.05) is 25.4 Å². The van der Waals surface area contributed by atoms with Crippen LogP contribution in [0.1, 0.15) is 32.8 Å². The fraction of sp³-hybridized carbons (Fsp3) is 0.400. The van der Waals surface area contributed by atoms with Crippen LogP contribution in [0.5, 0.6) is 11.5 Å². The third-order valence-electron chi connectivity index (χ3n) is 4.23. The Bertz CT molecular complexity index is 855. The highest BCUT2D eigenvalue weighted by atomic mass is 35.5. The Labute approximate surface area is 164 Å². The number of benzene rings is 1. The lowest BCUT2D eigenvalue weighted by molar-refractivity contribution is -0.114. The molecule has 2 aromatic rings. The monoisotopic (exact) mass is 389 g/mol. The molecule has 1 aromatic carbocycles. The first-order chi connectivity index (χ1) is 12.8. The molecule has 1 aliphatic rings. The second-order valence-electron chi connectivity index (χ2n) is 7.18. The van der Waals surface area contributed by atoms with E-state index in [-0.39, 0.29) is 11.9 Å². The summed E-state index contributed by atoms with van der Waals surface area (Å²) in [7, 11) is 0. The molecule has 0 saturated carbocycles. The highest BCUT2D eigenvalue weighted by Gasteiger charge is 2.21. The molecule has 144 valence electrons. The number of anilines is 1. The molecular weight excluding hydrogens is 366 g/mol. The smallest absolute Gasteiger partial charge is 0.222 e. The molecule has 0 saturated heterocycles. The van der Waals surface area contributed by atoms with Crippen molar-refractivity contribution in [1.82, 2.24) is 4.98 Å². The number of nitrogens with two attached hydrogens (primary N) is 1. The molecule has 0 radical (unpaired) electrons. The third kappa shape index (κ3) is 4.70. The van der Waals surface area contributed by atoms with Crippen LogP contribution in [0, 0.1) is 5.92 Å². The van der Waals surface area contributed by atoms with Crippen molar-refractivity contribution in [2.45, 2.75) is 39.8 Å². The summed E-state index contributed by atoms with van der Waals surface area (Å²) in [6, 6.07) is 5.38. The van der Waals surface area contributed by atoms with Crippen molar-refractivity contribution < 1.29 is 14.3 Å². The average Bonchev–Trinajstić information content (AvgIpc) is 2.59. The lowest BCUT2D eigenvalue weighted by Crippen LogP contribution is -2.29. The molecule has 1 atom stereocenters. The summed E-state index contributed by atoms with van der Waals surface area (Å²) in [6.07, 6.45) is 2.58. The van der Waals surface area contributed by atoms with Crippen molar-refractivity contribution in [1.29, 1.82) is 0 Å². The molecule has 0 spiro atoms. The number of amides is 1.